The average molecular weight is 439 g/mol. The molecule has 2 aromatic heterocycles. The molecule has 0 unspecified atom stereocenters. The molecule has 1 aliphatic carbocycles. The van der Waals surface area contributed by atoms with Gasteiger partial charge >= 0.3 is 0 Å². The Kier molecular flexibility index (Phi) is 6.37. The van der Waals surface area contributed by atoms with Crippen molar-refractivity contribution in [2.45, 2.75) is 65.0 Å². The summed E-state index contributed by atoms with van der Waals surface area (Å²) in [5.74, 6) is 2.29. The van der Waals surface area contributed by atoms with Crippen LogP contribution in [0, 0.1) is 0 Å². The van der Waals surface area contributed by atoms with E-state index in [1.165, 1.54) is 5.56 Å². The van der Waals surface area contributed by atoms with E-state index in [1.54, 1.807) is 10.7 Å². The molecule has 4 rings (SSSR count). The van der Waals surface area contributed by atoms with Crippen LogP contribution >= 0.6 is 11.6 Å². The predicted molar refractivity (Wildman–Crippen MR) is 121 cm³/mol. The number of halogens is 1. The van der Waals surface area contributed by atoms with Gasteiger partial charge in [-0.2, -0.15) is 5.10 Å². The number of ketones is 1. The van der Waals surface area contributed by atoms with Gasteiger partial charge in [-0.3, -0.25) is 9.78 Å². The summed E-state index contributed by atoms with van der Waals surface area (Å²) in [4.78, 5) is 22.0. The van der Waals surface area contributed by atoms with E-state index in [4.69, 9.17) is 16.3 Å². The molecule has 0 bridgehead atoms. The molecule has 0 saturated carbocycles. The Morgan fingerprint density at radius 1 is 1.32 bits per heavy atom. The van der Waals surface area contributed by atoms with Crippen LogP contribution in [0.3, 0.4) is 0 Å². The van der Waals surface area contributed by atoms with E-state index >= 15 is 0 Å². The Hall–Kier alpha value is -2.73. The number of nitrogens with zero attached hydrogens (tertiary/aromatic N) is 4. The summed E-state index contributed by atoms with van der Waals surface area (Å²) < 4.78 is 7.59. The maximum absolute atomic E-state index is 12.9. The van der Waals surface area contributed by atoms with Gasteiger partial charge in [-0.25, -0.2) is 9.67 Å². The summed E-state index contributed by atoms with van der Waals surface area (Å²) in [7, 11) is 0. The van der Waals surface area contributed by atoms with E-state index in [0.717, 1.165) is 24.1 Å². The summed E-state index contributed by atoms with van der Waals surface area (Å²) in [6.07, 6.45) is 4.54. The Labute approximate surface area is 187 Å². The molecule has 1 aromatic carbocycles. The van der Waals surface area contributed by atoms with Crippen LogP contribution in [0.15, 0.2) is 36.5 Å². The normalized spacial score (nSPS) is 15.3. The van der Waals surface area contributed by atoms with Gasteiger partial charge in [0, 0.05) is 30.4 Å². The molecule has 0 spiro atoms. The standard InChI is InChI=1S/C24H27ClN4O2/c1-4-29-23(14-18(30)12-16-8-10-21-19(16)6-5-11-26-21)27-24(28-29)17-7-9-20(25)22(13-17)31-15(2)3/h5-7,9,11,13,15-16H,4,8,10,12,14H2,1-3H3/t16-/m1/s1. The van der Waals surface area contributed by atoms with Gasteiger partial charge in [0.15, 0.2) is 5.82 Å². The Balaban J connectivity index is 1.51. The van der Waals surface area contributed by atoms with Crippen LogP contribution in [0.4, 0.5) is 0 Å². The number of ether oxygens (including phenoxy) is 1. The van der Waals surface area contributed by atoms with Gasteiger partial charge in [0.2, 0.25) is 0 Å². The monoisotopic (exact) mass is 438 g/mol. The molecular weight excluding hydrogens is 412 g/mol. The maximum atomic E-state index is 12.9. The molecule has 0 aliphatic heterocycles. The first kappa shape index (κ1) is 21.5. The average Bonchev–Trinajstić information content (AvgIpc) is 3.33. The number of aromatic nitrogens is 4. The second kappa shape index (κ2) is 9.18. The summed E-state index contributed by atoms with van der Waals surface area (Å²) in [6.45, 7) is 6.56. The highest BCUT2D eigenvalue weighted by Crippen LogP contribution is 2.34. The molecule has 0 radical (unpaired) electrons. The summed E-state index contributed by atoms with van der Waals surface area (Å²) in [5.41, 5.74) is 3.16. The number of Topliss-reactive ketones (excluding diaryl/α,β-unsaturated/α-hetero) is 1. The van der Waals surface area contributed by atoms with Gasteiger partial charge < -0.3 is 4.74 Å². The number of benzene rings is 1. The smallest absolute Gasteiger partial charge is 0.181 e. The highest BCUT2D eigenvalue weighted by Gasteiger charge is 2.26. The van der Waals surface area contributed by atoms with Gasteiger partial charge in [-0.05, 0) is 69.4 Å². The third kappa shape index (κ3) is 4.79. The zero-order valence-electron chi connectivity index (χ0n) is 18.1. The zero-order chi connectivity index (χ0) is 22.0. The van der Waals surface area contributed by atoms with Crippen molar-refractivity contribution >= 4 is 17.4 Å². The summed E-state index contributed by atoms with van der Waals surface area (Å²) >= 11 is 6.26. The van der Waals surface area contributed by atoms with E-state index in [2.05, 4.69) is 21.1 Å². The minimum Gasteiger partial charge on any atom is -0.489 e. The lowest BCUT2D eigenvalue weighted by Crippen LogP contribution is -2.12. The fourth-order valence-corrected chi connectivity index (χ4v) is 4.26. The second-order valence-corrected chi connectivity index (χ2v) is 8.58. The van der Waals surface area contributed by atoms with Gasteiger partial charge in [0.25, 0.3) is 0 Å². The second-order valence-electron chi connectivity index (χ2n) is 8.17. The lowest BCUT2D eigenvalue weighted by atomic mass is 9.95. The molecular formula is C24H27ClN4O2. The summed E-state index contributed by atoms with van der Waals surface area (Å²) in [5, 5.41) is 5.16. The highest BCUT2D eigenvalue weighted by atomic mass is 35.5. The zero-order valence-corrected chi connectivity index (χ0v) is 18.9. The highest BCUT2D eigenvalue weighted by molar-refractivity contribution is 6.32. The molecule has 6 nitrogen and oxygen atoms in total. The topological polar surface area (TPSA) is 69.9 Å². The molecule has 162 valence electrons. The van der Waals surface area contributed by atoms with Crippen molar-refractivity contribution in [3.8, 4) is 17.1 Å². The Bertz CT molecular complexity index is 1090. The van der Waals surface area contributed by atoms with E-state index in [0.29, 0.717) is 35.4 Å². The van der Waals surface area contributed by atoms with Crippen molar-refractivity contribution in [2.24, 2.45) is 0 Å². The molecule has 3 aromatic rings. The first-order valence-corrected chi connectivity index (χ1v) is 11.2. The number of carbonyl (C=O) groups excluding carboxylic acids is 1. The fraction of sp³-hybridized carbons (Fsp3) is 0.417. The lowest BCUT2D eigenvalue weighted by molar-refractivity contribution is -0.119. The Morgan fingerprint density at radius 3 is 2.94 bits per heavy atom. The van der Waals surface area contributed by atoms with Crippen LogP contribution in [0.25, 0.3) is 11.4 Å². The van der Waals surface area contributed by atoms with Crippen molar-refractivity contribution in [1.82, 2.24) is 19.7 Å². The third-order valence-corrected chi connectivity index (χ3v) is 5.84. The first-order chi connectivity index (χ1) is 14.9. The van der Waals surface area contributed by atoms with E-state index in [1.807, 2.05) is 45.2 Å². The number of fused-ring (bicyclic) bond motifs is 1. The van der Waals surface area contributed by atoms with Gasteiger partial charge in [0.1, 0.15) is 17.4 Å². The maximum Gasteiger partial charge on any atom is 0.181 e. The minimum atomic E-state index is 0.0120. The van der Waals surface area contributed by atoms with E-state index < -0.39 is 0 Å². The van der Waals surface area contributed by atoms with Crippen LogP contribution in [0.5, 0.6) is 5.75 Å². The molecule has 1 aliphatic rings. The molecule has 0 N–H and O–H groups in total. The number of pyridine rings is 1. The van der Waals surface area contributed by atoms with Crippen molar-refractivity contribution in [3.63, 3.8) is 0 Å². The van der Waals surface area contributed by atoms with Crippen molar-refractivity contribution in [1.29, 1.82) is 0 Å². The quantitative estimate of drug-likeness (QED) is 0.493. The molecule has 2 heterocycles. The van der Waals surface area contributed by atoms with Crippen LogP contribution in [-0.2, 0) is 24.2 Å². The Morgan fingerprint density at radius 2 is 2.16 bits per heavy atom. The fourth-order valence-electron chi connectivity index (χ4n) is 4.10. The van der Waals surface area contributed by atoms with Gasteiger partial charge in [-0.1, -0.05) is 17.7 Å². The predicted octanol–water partition coefficient (Wildman–Crippen LogP) is 5.03. The minimum absolute atomic E-state index is 0.0120. The molecule has 7 heteroatoms. The van der Waals surface area contributed by atoms with Crippen molar-refractivity contribution in [2.75, 3.05) is 0 Å². The molecule has 31 heavy (non-hydrogen) atoms. The molecule has 1 atom stereocenters. The van der Waals surface area contributed by atoms with Crippen molar-refractivity contribution < 1.29 is 9.53 Å². The number of hydrogen-bond acceptors (Lipinski definition) is 5. The van der Waals surface area contributed by atoms with Gasteiger partial charge in [-0.15, -0.1) is 0 Å². The van der Waals surface area contributed by atoms with Crippen LogP contribution in [-0.4, -0.2) is 31.6 Å². The largest absolute Gasteiger partial charge is 0.489 e. The number of aryl methyl sites for hydroxylation is 2. The molecule has 0 saturated heterocycles. The van der Waals surface area contributed by atoms with Crippen molar-refractivity contribution in [3.05, 3.63) is 58.6 Å². The van der Waals surface area contributed by atoms with E-state index in [9.17, 15) is 4.79 Å². The third-order valence-electron chi connectivity index (χ3n) is 5.52. The lowest BCUT2D eigenvalue weighted by Gasteiger charge is -2.11. The number of rotatable bonds is 8. The summed E-state index contributed by atoms with van der Waals surface area (Å²) in [6, 6.07) is 9.56. The number of hydrogen-bond donors (Lipinski definition) is 0. The van der Waals surface area contributed by atoms with Crippen LogP contribution < -0.4 is 4.74 Å². The SMILES string of the molecule is CCn1nc(-c2ccc(Cl)c(OC(C)C)c2)nc1CC(=O)C[C@H]1CCc2ncccc21. The van der Waals surface area contributed by atoms with Gasteiger partial charge in [0.05, 0.1) is 17.5 Å². The number of carbonyl (C=O) groups is 1. The molecule has 0 fully saturated rings. The van der Waals surface area contributed by atoms with Crippen LogP contribution in [0.2, 0.25) is 5.02 Å². The van der Waals surface area contributed by atoms with Crippen LogP contribution in [0.1, 0.15) is 56.6 Å². The first-order valence-electron chi connectivity index (χ1n) is 10.8. The molecule has 0 amide bonds. The van der Waals surface area contributed by atoms with E-state index in [-0.39, 0.29) is 24.2 Å².